The number of amides is 1. The number of hydrogen-bond donors (Lipinski definition) is 1. The van der Waals surface area contributed by atoms with Gasteiger partial charge in [-0.05, 0) is 42.5 Å². The van der Waals surface area contributed by atoms with E-state index in [1.165, 1.54) is 5.56 Å². The molecule has 1 aliphatic rings. The first-order valence-corrected chi connectivity index (χ1v) is 7.39. The van der Waals surface area contributed by atoms with Crippen LogP contribution in [0.1, 0.15) is 27.9 Å². The first-order valence-electron chi connectivity index (χ1n) is 7.39. The maximum absolute atomic E-state index is 12.4. The maximum atomic E-state index is 12.4. The van der Waals surface area contributed by atoms with Crippen molar-refractivity contribution in [3.63, 3.8) is 0 Å². The molecule has 0 saturated heterocycles. The highest BCUT2D eigenvalue weighted by Gasteiger charge is 2.23. The molecule has 0 unspecified atom stereocenters. The standard InChI is InChI=1S/C18H19NO2/c20-16-9-8-15-10-12-19(18(21)17(15)13-16)11-4-7-14-5-2-1-3-6-14/h1-3,5-6,8-9,13,20H,4,7,10-12H2. The van der Waals surface area contributed by atoms with Gasteiger partial charge >= 0.3 is 0 Å². The molecule has 1 aliphatic heterocycles. The van der Waals surface area contributed by atoms with Crippen LogP contribution < -0.4 is 0 Å². The number of phenols is 1. The maximum Gasteiger partial charge on any atom is 0.254 e. The van der Waals surface area contributed by atoms with E-state index < -0.39 is 0 Å². The van der Waals surface area contributed by atoms with E-state index in [1.807, 2.05) is 29.2 Å². The molecule has 1 N–H and O–H groups in total. The predicted molar refractivity (Wildman–Crippen MR) is 82.5 cm³/mol. The molecule has 0 spiro atoms. The quantitative estimate of drug-likeness (QED) is 0.936. The number of aromatic hydroxyl groups is 1. The predicted octanol–water partition coefficient (Wildman–Crippen LogP) is 3.02. The van der Waals surface area contributed by atoms with Gasteiger partial charge in [0.25, 0.3) is 5.91 Å². The van der Waals surface area contributed by atoms with Crippen molar-refractivity contribution in [2.45, 2.75) is 19.3 Å². The molecule has 0 atom stereocenters. The lowest BCUT2D eigenvalue weighted by molar-refractivity contribution is 0.0737. The number of fused-ring (bicyclic) bond motifs is 1. The number of carbonyl (C=O) groups excluding carboxylic acids is 1. The molecule has 0 fully saturated rings. The number of aryl methyl sites for hydroxylation is 1. The monoisotopic (exact) mass is 281 g/mol. The van der Waals surface area contributed by atoms with Crippen molar-refractivity contribution < 1.29 is 9.90 Å². The molecule has 3 rings (SSSR count). The van der Waals surface area contributed by atoms with Crippen LogP contribution in [0, 0.1) is 0 Å². The third kappa shape index (κ3) is 3.07. The zero-order chi connectivity index (χ0) is 14.7. The first-order chi connectivity index (χ1) is 10.2. The van der Waals surface area contributed by atoms with Crippen LogP contribution in [-0.4, -0.2) is 29.0 Å². The molecule has 2 aromatic rings. The third-order valence-electron chi connectivity index (χ3n) is 4.00. The summed E-state index contributed by atoms with van der Waals surface area (Å²) in [5.74, 6) is 0.202. The molecule has 3 nitrogen and oxygen atoms in total. The van der Waals surface area contributed by atoms with Crippen LogP contribution in [-0.2, 0) is 12.8 Å². The Balaban J connectivity index is 1.61. The second-order valence-corrected chi connectivity index (χ2v) is 5.47. The Bertz CT molecular complexity index is 637. The molecule has 1 amide bonds. The van der Waals surface area contributed by atoms with Crippen molar-refractivity contribution in [1.82, 2.24) is 4.90 Å². The topological polar surface area (TPSA) is 40.5 Å². The van der Waals surface area contributed by atoms with Gasteiger partial charge in [-0.3, -0.25) is 4.79 Å². The molecular weight excluding hydrogens is 262 g/mol. The van der Waals surface area contributed by atoms with Crippen LogP contribution >= 0.6 is 0 Å². The number of hydrogen-bond acceptors (Lipinski definition) is 2. The van der Waals surface area contributed by atoms with Crippen LogP contribution in [0.3, 0.4) is 0 Å². The molecule has 0 aromatic heterocycles. The number of phenolic OH excluding ortho intramolecular Hbond substituents is 1. The van der Waals surface area contributed by atoms with E-state index in [1.54, 1.807) is 12.1 Å². The lowest BCUT2D eigenvalue weighted by Gasteiger charge is -2.28. The molecule has 21 heavy (non-hydrogen) atoms. The van der Waals surface area contributed by atoms with E-state index >= 15 is 0 Å². The van der Waals surface area contributed by atoms with Crippen LogP contribution in [0.2, 0.25) is 0 Å². The fraction of sp³-hybridized carbons (Fsp3) is 0.278. The second-order valence-electron chi connectivity index (χ2n) is 5.47. The summed E-state index contributed by atoms with van der Waals surface area (Å²) in [6, 6.07) is 15.4. The molecule has 2 aromatic carbocycles. The molecule has 0 saturated carbocycles. The van der Waals surface area contributed by atoms with Crippen molar-refractivity contribution in [2.75, 3.05) is 13.1 Å². The van der Waals surface area contributed by atoms with Crippen molar-refractivity contribution in [3.8, 4) is 5.75 Å². The lowest BCUT2D eigenvalue weighted by Crippen LogP contribution is -2.38. The van der Waals surface area contributed by atoms with Crippen molar-refractivity contribution in [1.29, 1.82) is 0 Å². The zero-order valence-corrected chi connectivity index (χ0v) is 12.0. The Hall–Kier alpha value is -2.29. The van der Waals surface area contributed by atoms with Gasteiger partial charge in [0.05, 0.1) is 0 Å². The summed E-state index contributed by atoms with van der Waals surface area (Å²) >= 11 is 0. The van der Waals surface area contributed by atoms with Gasteiger partial charge in [0.2, 0.25) is 0 Å². The summed E-state index contributed by atoms with van der Waals surface area (Å²) in [4.78, 5) is 14.3. The van der Waals surface area contributed by atoms with Gasteiger partial charge in [-0.15, -0.1) is 0 Å². The minimum Gasteiger partial charge on any atom is -0.508 e. The average Bonchev–Trinajstić information content (AvgIpc) is 2.51. The van der Waals surface area contributed by atoms with Crippen molar-refractivity contribution >= 4 is 5.91 Å². The first kappa shape index (κ1) is 13.7. The van der Waals surface area contributed by atoms with Crippen molar-refractivity contribution in [2.24, 2.45) is 0 Å². The largest absolute Gasteiger partial charge is 0.508 e. The third-order valence-corrected chi connectivity index (χ3v) is 4.00. The van der Waals surface area contributed by atoms with E-state index in [0.29, 0.717) is 5.56 Å². The lowest BCUT2D eigenvalue weighted by atomic mass is 9.98. The highest BCUT2D eigenvalue weighted by atomic mass is 16.3. The molecule has 0 aliphatic carbocycles. The molecule has 108 valence electrons. The van der Waals surface area contributed by atoms with Gasteiger partial charge in [-0.1, -0.05) is 36.4 Å². The summed E-state index contributed by atoms with van der Waals surface area (Å²) in [6.07, 6.45) is 2.81. The van der Waals surface area contributed by atoms with Gasteiger partial charge in [0, 0.05) is 18.7 Å². The Morgan fingerprint density at radius 3 is 2.71 bits per heavy atom. The molecule has 0 bridgehead atoms. The van der Waals surface area contributed by atoms with E-state index in [4.69, 9.17) is 0 Å². The van der Waals surface area contributed by atoms with E-state index in [-0.39, 0.29) is 11.7 Å². The van der Waals surface area contributed by atoms with Crippen LogP contribution in [0.5, 0.6) is 5.75 Å². The summed E-state index contributed by atoms with van der Waals surface area (Å²) in [7, 11) is 0. The van der Waals surface area contributed by atoms with Gasteiger partial charge in [0.1, 0.15) is 5.75 Å². The number of nitrogens with zero attached hydrogens (tertiary/aromatic N) is 1. The van der Waals surface area contributed by atoms with E-state index in [9.17, 15) is 9.90 Å². The fourth-order valence-corrected chi connectivity index (χ4v) is 2.84. The Morgan fingerprint density at radius 1 is 1.10 bits per heavy atom. The van der Waals surface area contributed by atoms with Gasteiger partial charge in [-0.2, -0.15) is 0 Å². The average molecular weight is 281 g/mol. The molecule has 3 heteroatoms. The summed E-state index contributed by atoms with van der Waals surface area (Å²) in [6.45, 7) is 1.54. The Labute approximate surface area is 124 Å². The number of rotatable bonds is 4. The van der Waals surface area contributed by atoms with Crippen LogP contribution in [0.25, 0.3) is 0 Å². The number of carbonyl (C=O) groups is 1. The molecule has 0 radical (unpaired) electrons. The molecule has 1 heterocycles. The highest BCUT2D eigenvalue weighted by molar-refractivity contribution is 5.97. The summed E-state index contributed by atoms with van der Waals surface area (Å²) in [5.41, 5.74) is 3.00. The SMILES string of the molecule is O=C1c2cc(O)ccc2CCN1CCCc1ccccc1. The van der Waals surface area contributed by atoms with E-state index in [0.717, 1.165) is 37.9 Å². The smallest absolute Gasteiger partial charge is 0.254 e. The summed E-state index contributed by atoms with van der Waals surface area (Å²) in [5, 5.41) is 9.55. The van der Waals surface area contributed by atoms with Crippen LogP contribution in [0.4, 0.5) is 0 Å². The minimum atomic E-state index is 0.0419. The minimum absolute atomic E-state index is 0.0419. The van der Waals surface area contributed by atoms with Gasteiger partial charge < -0.3 is 10.0 Å². The zero-order valence-electron chi connectivity index (χ0n) is 12.0. The van der Waals surface area contributed by atoms with Gasteiger partial charge in [0.15, 0.2) is 0 Å². The number of benzene rings is 2. The molecular formula is C18H19NO2. The van der Waals surface area contributed by atoms with Crippen molar-refractivity contribution in [3.05, 3.63) is 65.2 Å². The normalized spacial score (nSPS) is 14.1. The fourth-order valence-electron chi connectivity index (χ4n) is 2.84. The van der Waals surface area contributed by atoms with E-state index in [2.05, 4.69) is 12.1 Å². The highest BCUT2D eigenvalue weighted by Crippen LogP contribution is 2.23. The van der Waals surface area contributed by atoms with Gasteiger partial charge in [-0.25, -0.2) is 0 Å². The summed E-state index contributed by atoms with van der Waals surface area (Å²) < 4.78 is 0. The Morgan fingerprint density at radius 2 is 1.90 bits per heavy atom. The Kier molecular flexibility index (Phi) is 3.91. The second kappa shape index (κ2) is 6.00. The van der Waals surface area contributed by atoms with Crippen LogP contribution in [0.15, 0.2) is 48.5 Å².